The normalized spacial score (nSPS) is 11.8. The van der Waals surface area contributed by atoms with Crippen molar-refractivity contribution >= 4 is 35.1 Å². The van der Waals surface area contributed by atoms with Crippen LogP contribution in [0, 0.1) is 5.82 Å². The maximum absolute atomic E-state index is 14.3. The molecule has 7 nitrogen and oxygen atoms in total. The number of H-pyrrole nitrogens is 1. The summed E-state index contributed by atoms with van der Waals surface area (Å²) >= 11 is 11.8. The molecule has 1 amide bonds. The first kappa shape index (κ1) is 20.6. The molecule has 0 fully saturated rings. The van der Waals surface area contributed by atoms with Crippen LogP contribution in [-0.2, 0) is 4.79 Å². The standard InChI is InChI=1S/C19H14Cl2FN3O4/c20-11-5-1-2-7-15(11)25-16(26)8-14(24-25)19(29)23-13(9-17(27)28)10-4-3-6-12(21)18(10)22/h1-8,13,24H,9H2,(H,23,29)(H,27,28). The highest BCUT2D eigenvalue weighted by Crippen LogP contribution is 2.26. The van der Waals surface area contributed by atoms with Gasteiger partial charge in [-0.15, -0.1) is 0 Å². The number of aromatic amines is 1. The predicted molar refractivity (Wildman–Crippen MR) is 105 cm³/mol. The Kier molecular flexibility index (Phi) is 6.05. The SMILES string of the molecule is O=C(O)CC(NC(=O)c1cc(=O)n(-c2ccccc2Cl)[nH]1)c1cccc(Cl)c1F. The Morgan fingerprint density at radius 2 is 1.83 bits per heavy atom. The summed E-state index contributed by atoms with van der Waals surface area (Å²) in [6, 6.07) is 10.4. The van der Waals surface area contributed by atoms with E-state index < -0.39 is 35.7 Å². The van der Waals surface area contributed by atoms with Crippen LogP contribution in [0.2, 0.25) is 10.0 Å². The van der Waals surface area contributed by atoms with E-state index in [0.717, 1.165) is 10.7 Å². The summed E-state index contributed by atoms with van der Waals surface area (Å²) in [6.07, 6.45) is -0.585. The Morgan fingerprint density at radius 3 is 2.52 bits per heavy atom. The number of benzene rings is 2. The summed E-state index contributed by atoms with van der Waals surface area (Å²) in [5, 5.41) is 14.3. The van der Waals surface area contributed by atoms with E-state index in [-0.39, 0.29) is 21.3 Å². The van der Waals surface area contributed by atoms with E-state index in [1.165, 1.54) is 18.2 Å². The summed E-state index contributed by atoms with van der Waals surface area (Å²) in [7, 11) is 0. The van der Waals surface area contributed by atoms with E-state index in [2.05, 4.69) is 10.4 Å². The number of nitrogens with zero attached hydrogens (tertiary/aromatic N) is 1. The third-order valence-electron chi connectivity index (χ3n) is 4.10. The molecule has 29 heavy (non-hydrogen) atoms. The highest BCUT2D eigenvalue weighted by Gasteiger charge is 2.24. The van der Waals surface area contributed by atoms with E-state index in [1.807, 2.05) is 0 Å². The van der Waals surface area contributed by atoms with Gasteiger partial charge >= 0.3 is 5.97 Å². The quantitative estimate of drug-likeness (QED) is 0.548. The number of carbonyl (C=O) groups is 2. The van der Waals surface area contributed by atoms with Crippen molar-refractivity contribution < 1.29 is 19.1 Å². The van der Waals surface area contributed by atoms with Crippen LogP contribution >= 0.6 is 23.2 Å². The van der Waals surface area contributed by atoms with Gasteiger partial charge in [0.15, 0.2) is 0 Å². The molecular formula is C19H14Cl2FN3O4. The highest BCUT2D eigenvalue weighted by molar-refractivity contribution is 6.32. The van der Waals surface area contributed by atoms with E-state index >= 15 is 0 Å². The summed E-state index contributed by atoms with van der Waals surface area (Å²) in [4.78, 5) is 36.1. The number of rotatable bonds is 6. The minimum absolute atomic E-state index is 0.0823. The minimum Gasteiger partial charge on any atom is -0.481 e. The molecule has 0 aliphatic rings. The number of nitrogens with one attached hydrogen (secondary N) is 2. The average molecular weight is 438 g/mol. The molecule has 1 heterocycles. The second kappa shape index (κ2) is 8.50. The van der Waals surface area contributed by atoms with Crippen molar-refractivity contribution in [3.63, 3.8) is 0 Å². The van der Waals surface area contributed by atoms with Gasteiger partial charge in [-0.05, 0) is 18.2 Å². The van der Waals surface area contributed by atoms with E-state index in [9.17, 15) is 18.8 Å². The molecule has 150 valence electrons. The van der Waals surface area contributed by atoms with Gasteiger partial charge in [0.05, 0.1) is 28.2 Å². The summed E-state index contributed by atoms with van der Waals surface area (Å²) < 4.78 is 15.4. The largest absolute Gasteiger partial charge is 0.481 e. The van der Waals surface area contributed by atoms with Crippen LogP contribution in [0.1, 0.15) is 28.5 Å². The number of hydrogen-bond acceptors (Lipinski definition) is 3. The van der Waals surface area contributed by atoms with Crippen LogP contribution in [0.5, 0.6) is 0 Å². The fraction of sp³-hybridized carbons (Fsp3) is 0.105. The van der Waals surface area contributed by atoms with E-state index in [0.29, 0.717) is 5.69 Å². The first-order valence-corrected chi connectivity index (χ1v) is 9.07. The Balaban J connectivity index is 1.92. The summed E-state index contributed by atoms with van der Waals surface area (Å²) in [5.41, 5.74) is -0.443. The topological polar surface area (TPSA) is 104 Å². The molecule has 0 radical (unpaired) electrons. The molecule has 1 aromatic heterocycles. The van der Waals surface area contributed by atoms with Gasteiger partial charge in [0.25, 0.3) is 11.5 Å². The number of halogens is 3. The van der Waals surface area contributed by atoms with Crippen molar-refractivity contribution in [2.24, 2.45) is 0 Å². The number of para-hydroxylation sites is 1. The molecule has 0 bridgehead atoms. The van der Waals surface area contributed by atoms with Crippen molar-refractivity contribution in [2.45, 2.75) is 12.5 Å². The molecule has 1 unspecified atom stereocenters. The lowest BCUT2D eigenvalue weighted by molar-refractivity contribution is -0.137. The number of amides is 1. The van der Waals surface area contributed by atoms with Gasteiger partial charge in [-0.25, -0.2) is 9.07 Å². The lowest BCUT2D eigenvalue weighted by Crippen LogP contribution is -2.31. The van der Waals surface area contributed by atoms with Gasteiger partial charge in [0, 0.05) is 11.6 Å². The van der Waals surface area contributed by atoms with Gasteiger partial charge in [-0.3, -0.25) is 19.5 Å². The third kappa shape index (κ3) is 4.49. The second-order valence-corrected chi connectivity index (χ2v) is 6.88. The number of hydrogen-bond donors (Lipinski definition) is 3. The fourth-order valence-electron chi connectivity index (χ4n) is 2.76. The van der Waals surface area contributed by atoms with Crippen LogP contribution in [0.25, 0.3) is 5.69 Å². The molecule has 0 saturated carbocycles. The second-order valence-electron chi connectivity index (χ2n) is 6.06. The van der Waals surface area contributed by atoms with E-state index in [1.54, 1.807) is 24.3 Å². The Labute approximate surface area is 173 Å². The zero-order chi connectivity index (χ0) is 21.1. The third-order valence-corrected chi connectivity index (χ3v) is 4.71. The number of carbonyl (C=O) groups excluding carboxylic acids is 1. The van der Waals surface area contributed by atoms with Gasteiger partial charge in [-0.1, -0.05) is 47.5 Å². The van der Waals surface area contributed by atoms with Gasteiger partial charge in [0.1, 0.15) is 11.5 Å². The van der Waals surface area contributed by atoms with Crippen LogP contribution in [-0.4, -0.2) is 26.8 Å². The molecule has 0 spiro atoms. The first-order chi connectivity index (χ1) is 13.8. The lowest BCUT2D eigenvalue weighted by atomic mass is 10.0. The minimum atomic E-state index is -1.25. The smallest absolute Gasteiger partial charge is 0.305 e. The molecule has 3 rings (SSSR count). The van der Waals surface area contributed by atoms with Crippen LogP contribution in [0.3, 0.4) is 0 Å². The molecule has 3 aromatic rings. The molecular weight excluding hydrogens is 424 g/mol. The molecule has 1 atom stereocenters. The number of carboxylic acids is 1. The van der Waals surface area contributed by atoms with Gasteiger partial charge in [-0.2, -0.15) is 0 Å². The van der Waals surface area contributed by atoms with Gasteiger partial charge in [0.2, 0.25) is 0 Å². The molecule has 2 aromatic carbocycles. The predicted octanol–water partition coefficient (Wildman–Crippen LogP) is 3.56. The first-order valence-electron chi connectivity index (χ1n) is 8.31. The van der Waals surface area contributed by atoms with E-state index in [4.69, 9.17) is 28.3 Å². The Bertz CT molecular complexity index is 1140. The maximum atomic E-state index is 14.3. The highest BCUT2D eigenvalue weighted by atomic mass is 35.5. The van der Waals surface area contributed by atoms with Crippen molar-refractivity contribution in [3.8, 4) is 5.69 Å². The average Bonchev–Trinajstić information content (AvgIpc) is 3.05. The zero-order valence-electron chi connectivity index (χ0n) is 14.7. The van der Waals surface area contributed by atoms with Crippen LogP contribution in [0.4, 0.5) is 4.39 Å². The molecule has 10 heteroatoms. The molecule has 0 aliphatic carbocycles. The number of aromatic nitrogens is 2. The molecule has 0 aliphatic heterocycles. The Morgan fingerprint density at radius 1 is 1.14 bits per heavy atom. The van der Waals surface area contributed by atoms with Gasteiger partial charge < -0.3 is 10.4 Å². The van der Waals surface area contributed by atoms with Crippen LogP contribution in [0.15, 0.2) is 53.3 Å². The summed E-state index contributed by atoms with van der Waals surface area (Å²) in [6.45, 7) is 0. The Hall–Kier alpha value is -3.10. The van der Waals surface area contributed by atoms with Crippen LogP contribution < -0.4 is 10.9 Å². The lowest BCUT2D eigenvalue weighted by Gasteiger charge is -2.18. The van der Waals surface area contributed by atoms with Crippen molar-refractivity contribution in [1.82, 2.24) is 15.1 Å². The summed E-state index contributed by atoms with van der Waals surface area (Å²) in [5.74, 6) is -2.88. The number of aliphatic carboxylic acids is 1. The molecule has 0 saturated heterocycles. The van der Waals surface area contributed by atoms with Crippen molar-refractivity contribution in [1.29, 1.82) is 0 Å². The number of carboxylic acid groups (broad SMARTS) is 1. The zero-order valence-corrected chi connectivity index (χ0v) is 16.2. The monoisotopic (exact) mass is 437 g/mol. The maximum Gasteiger partial charge on any atom is 0.305 e. The van der Waals surface area contributed by atoms with Crippen molar-refractivity contribution in [3.05, 3.63) is 86.0 Å². The molecule has 3 N–H and O–H groups in total. The van der Waals surface area contributed by atoms with Crippen molar-refractivity contribution in [2.75, 3.05) is 0 Å². The fourth-order valence-corrected chi connectivity index (χ4v) is 3.17.